The fraction of sp³-hybridized carbons (Fsp3) is 0.364. The van der Waals surface area contributed by atoms with E-state index in [4.69, 9.17) is 6.42 Å². The summed E-state index contributed by atoms with van der Waals surface area (Å²) in [6.07, 6.45) is 7.06. The summed E-state index contributed by atoms with van der Waals surface area (Å²) in [5.74, 6) is 2.31. The summed E-state index contributed by atoms with van der Waals surface area (Å²) in [4.78, 5) is 11.8. The van der Waals surface area contributed by atoms with Crippen molar-refractivity contribution < 1.29 is 4.79 Å². The molecule has 1 aromatic heterocycles. The van der Waals surface area contributed by atoms with E-state index in [-0.39, 0.29) is 11.9 Å². The third-order valence-electron chi connectivity index (χ3n) is 2.03. The number of amides is 1. The van der Waals surface area contributed by atoms with Crippen LogP contribution in [-0.4, -0.2) is 16.5 Å². The lowest BCUT2D eigenvalue weighted by molar-refractivity contribution is 0.0939. The maximum Gasteiger partial charge on any atom is 0.268 e. The van der Waals surface area contributed by atoms with Crippen LogP contribution < -0.4 is 5.32 Å². The van der Waals surface area contributed by atoms with Gasteiger partial charge in [-0.2, -0.15) is 0 Å². The Balaban J connectivity index is 2.86. The molecule has 0 aliphatic heterocycles. The first kappa shape index (κ1) is 11.9. The molecule has 1 N–H and O–H groups in total. The van der Waals surface area contributed by atoms with E-state index in [0.717, 1.165) is 11.0 Å². The Hall–Kier alpha value is -1.21. The Labute approximate surface area is 98.0 Å². The molecular formula is C11H13BrN2O. The second kappa shape index (κ2) is 5.04. The monoisotopic (exact) mass is 268 g/mol. The number of nitrogens with zero attached hydrogens (tertiary/aromatic N) is 1. The van der Waals surface area contributed by atoms with Gasteiger partial charge < -0.3 is 9.88 Å². The number of aryl methyl sites for hydroxylation is 1. The highest BCUT2D eigenvalue weighted by atomic mass is 79.9. The molecule has 1 atom stereocenters. The van der Waals surface area contributed by atoms with Crippen molar-refractivity contribution in [3.63, 3.8) is 0 Å². The summed E-state index contributed by atoms with van der Waals surface area (Å²) in [5.41, 5.74) is 0.617. The quantitative estimate of drug-likeness (QED) is 0.837. The highest BCUT2D eigenvalue weighted by Gasteiger charge is 2.13. The topological polar surface area (TPSA) is 34.0 Å². The Kier molecular flexibility index (Phi) is 3.98. The van der Waals surface area contributed by atoms with Crippen LogP contribution in [0.25, 0.3) is 0 Å². The fourth-order valence-corrected chi connectivity index (χ4v) is 1.70. The van der Waals surface area contributed by atoms with Crippen LogP contribution in [0.1, 0.15) is 24.3 Å². The molecule has 0 saturated carbocycles. The van der Waals surface area contributed by atoms with Crippen LogP contribution in [0.2, 0.25) is 0 Å². The molecule has 1 unspecified atom stereocenters. The number of aromatic nitrogens is 1. The Bertz CT molecular complexity index is 403. The minimum absolute atomic E-state index is 0.145. The Morgan fingerprint density at radius 2 is 2.47 bits per heavy atom. The molecule has 1 rings (SSSR count). The average molecular weight is 269 g/mol. The summed E-state index contributed by atoms with van der Waals surface area (Å²) < 4.78 is 2.76. The number of halogens is 1. The van der Waals surface area contributed by atoms with Crippen molar-refractivity contribution in [1.82, 2.24) is 9.88 Å². The molecule has 0 fully saturated rings. The van der Waals surface area contributed by atoms with E-state index in [2.05, 4.69) is 27.2 Å². The zero-order valence-corrected chi connectivity index (χ0v) is 10.3. The molecule has 0 aromatic carbocycles. The molecule has 0 saturated heterocycles. The summed E-state index contributed by atoms with van der Waals surface area (Å²) in [5, 5.41) is 2.72. The van der Waals surface area contributed by atoms with Crippen LogP contribution in [0.5, 0.6) is 0 Å². The second-order valence-corrected chi connectivity index (χ2v) is 4.11. The molecule has 4 heteroatoms. The van der Waals surface area contributed by atoms with Crippen molar-refractivity contribution in [2.24, 2.45) is 0 Å². The van der Waals surface area contributed by atoms with Crippen LogP contribution in [0.3, 0.4) is 0 Å². The maximum atomic E-state index is 11.8. The standard InChI is InChI=1S/C11H13BrN2O/c1-4-8(3)13-11(15)10-6-9(12)7-14(10)5-2/h1,6-8H,5H2,2-3H3,(H,13,15). The van der Waals surface area contributed by atoms with Gasteiger partial charge in [-0.1, -0.05) is 5.92 Å². The summed E-state index contributed by atoms with van der Waals surface area (Å²) in [6.45, 7) is 4.50. The first-order chi connectivity index (χ1) is 7.08. The van der Waals surface area contributed by atoms with Crippen LogP contribution in [-0.2, 0) is 6.54 Å². The number of rotatable bonds is 3. The highest BCUT2D eigenvalue weighted by Crippen LogP contribution is 2.14. The van der Waals surface area contributed by atoms with Crippen molar-refractivity contribution in [2.75, 3.05) is 0 Å². The van der Waals surface area contributed by atoms with Crippen LogP contribution in [0.4, 0.5) is 0 Å². The molecule has 0 aliphatic rings. The largest absolute Gasteiger partial charge is 0.343 e. The van der Waals surface area contributed by atoms with Crippen LogP contribution >= 0.6 is 15.9 Å². The number of hydrogen-bond donors (Lipinski definition) is 1. The molecule has 15 heavy (non-hydrogen) atoms. The van der Waals surface area contributed by atoms with Gasteiger partial charge in [0.1, 0.15) is 5.69 Å². The van der Waals surface area contributed by atoms with Crippen molar-refractivity contribution in [1.29, 1.82) is 0 Å². The summed E-state index contributed by atoms with van der Waals surface area (Å²) in [6, 6.07) is 1.53. The molecule has 1 amide bonds. The van der Waals surface area contributed by atoms with Crippen molar-refractivity contribution >= 4 is 21.8 Å². The number of terminal acetylenes is 1. The minimum Gasteiger partial charge on any atom is -0.343 e. The van der Waals surface area contributed by atoms with Gasteiger partial charge in [0.05, 0.1) is 6.04 Å². The van der Waals surface area contributed by atoms with Crippen molar-refractivity contribution in [2.45, 2.75) is 26.4 Å². The average Bonchev–Trinajstić information content (AvgIpc) is 2.59. The smallest absolute Gasteiger partial charge is 0.268 e. The van der Waals surface area contributed by atoms with E-state index in [9.17, 15) is 4.79 Å². The van der Waals surface area contributed by atoms with E-state index in [0.29, 0.717) is 5.69 Å². The molecule has 0 spiro atoms. The van der Waals surface area contributed by atoms with E-state index in [1.54, 1.807) is 13.0 Å². The predicted octanol–water partition coefficient (Wildman–Crippen LogP) is 2.02. The van der Waals surface area contributed by atoms with Gasteiger partial charge in [-0.3, -0.25) is 4.79 Å². The number of hydrogen-bond acceptors (Lipinski definition) is 1. The number of carbonyl (C=O) groups is 1. The van der Waals surface area contributed by atoms with Gasteiger partial charge in [-0.15, -0.1) is 6.42 Å². The molecule has 0 radical (unpaired) electrons. The van der Waals surface area contributed by atoms with Gasteiger partial charge >= 0.3 is 0 Å². The first-order valence-electron chi connectivity index (χ1n) is 4.71. The van der Waals surface area contributed by atoms with Gasteiger partial charge in [0.25, 0.3) is 5.91 Å². The summed E-state index contributed by atoms with van der Waals surface area (Å²) >= 11 is 3.33. The second-order valence-electron chi connectivity index (χ2n) is 3.19. The third-order valence-corrected chi connectivity index (χ3v) is 2.47. The third kappa shape index (κ3) is 2.87. The normalized spacial score (nSPS) is 11.9. The van der Waals surface area contributed by atoms with E-state index < -0.39 is 0 Å². The molecule has 0 bridgehead atoms. The molecule has 1 aromatic rings. The van der Waals surface area contributed by atoms with E-state index >= 15 is 0 Å². The number of carbonyl (C=O) groups excluding carboxylic acids is 1. The van der Waals surface area contributed by atoms with Crippen LogP contribution in [0, 0.1) is 12.3 Å². The first-order valence-corrected chi connectivity index (χ1v) is 5.50. The highest BCUT2D eigenvalue weighted by molar-refractivity contribution is 9.10. The van der Waals surface area contributed by atoms with Gasteiger partial charge in [0, 0.05) is 17.2 Å². The van der Waals surface area contributed by atoms with Gasteiger partial charge in [0.2, 0.25) is 0 Å². The zero-order chi connectivity index (χ0) is 11.4. The predicted molar refractivity (Wildman–Crippen MR) is 63.6 cm³/mol. The van der Waals surface area contributed by atoms with Gasteiger partial charge in [-0.05, 0) is 35.8 Å². The molecule has 0 aliphatic carbocycles. The number of nitrogens with one attached hydrogen (secondary N) is 1. The lowest BCUT2D eigenvalue weighted by atomic mass is 10.3. The van der Waals surface area contributed by atoms with Gasteiger partial charge in [0.15, 0.2) is 0 Å². The van der Waals surface area contributed by atoms with Crippen molar-refractivity contribution in [3.05, 3.63) is 22.4 Å². The zero-order valence-electron chi connectivity index (χ0n) is 8.75. The minimum atomic E-state index is -0.253. The lowest BCUT2D eigenvalue weighted by Crippen LogP contribution is -2.32. The SMILES string of the molecule is C#CC(C)NC(=O)c1cc(Br)cn1CC. The fourth-order valence-electron chi connectivity index (χ4n) is 1.24. The van der Waals surface area contributed by atoms with E-state index in [1.807, 2.05) is 17.7 Å². The molecule has 3 nitrogen and oxygen atoms in total. The van der Waals surface area contributed by atoms with Crippen molar-refractivity contribution in [3.8, 4) is 12.3 Å². The molecule has 1 heterocycles. The van der Waals surface area contributed by atoms with Crippen LogP contribution in [0.15, 0.2) is 16.7 Å². The molecular weight excluding hydrogens is 256 g/mol. The Morgan fingerprint density at radius 1 is 1.80 bits per heavy atom. The maximum absolute atomic E-state index is 11.8. The lowest BCUT2D eigenvalue weighted by Gasteiger charge is -2.09. The van der Waals surface area contributed by atoms with E-state index in [1.165, 1.54) is 0 Å². The summed E-state index contributed by atoms with van der Waals surface area (Å²) in [7, 11) is 0. The molecule has 80 valence electrons. The van der Waals surface area contributed by atoms with Gasteiger partial charge in [-0.25, -0.2) is 0 Å². The Morgan fingerprint density at radius 3 is 3.00 bits per heavy atom.